The molecule has 0 aliphatic heterocycles. The van der Waals surface area contributed by atoms with Crippen molar-refractivity contribution in [2.24, 2.45) is 5.92 Å². The Hall–Kier alpha value is -1.46. The third-order valence-corrected chi connectivity index (χ3v) is 3.92. The van der Waals surface area contributed by atoms with Crippen molar-refractivity contribution in [1.82, 2.24) is 4.90 Å². The fourth-order valence-corrected chi connectivity index (χ4v) is 2.39. The van der Waals surface area contributed by atoms with Crippen LogP contribution >= 0.6 is 23.2 Å². The number of hydrogen-bond acceptors (Lipinski definition) is 4. The molecular formula is C17H23Cl2NO4. The van der Waals surface area contributed by atoms with Crippen LogP contribution in [-0.2, 0) is 14.3 Å². The van der Waals surface area contributed by atoms with Crippen LogP contribution in [0.4, 0.5) is 0 Å². The predicted octanol–water partition coefficient (Wildman–Crippen LogP) is 3.81. The highest BCUT2D eigenvalue weighted by atomic mass is 35.5. The first kappa shape index (κ1) is 20.6. The first-order valence-corrected chi connectivity index (χ1v) is 8.51. The molecule has 0 fully saturated rings. The highest BCUT2D eigenvalue weighted by Gasteiger charge is 2.17. The van der Waals surface area contributed by atoms with Gasteiger partial charge in [0.1, 0.15) is 5.75 Å². The monoisotopic (exact) mass is 375 g/mol. The number of benzene rings is 1. The van der Waals surface area contributed by atoms with Crippen LogP contribution < -0.4 is 4.74 Å². The van der Waals surface area contributed by atoms with Crippen LogP contribution in [0.5, 0.6) is 5.75 Å². The van der Waals surface area contributed by atoms with Gasteiger partial charge >= 0.3 is 5.97 Å². The normalized spacial score (nSPS) is 10.6. The average molecular weight is 376 g/mol. The molecule has 1 rings (SSSR count). The summed E-state index contributed by atoms with van der Waals surface area (Å²) in [5.41, 5.74) is 0. The number of ether oxygens (including phenoxy) is 2. The van der Waals surface area contributed by atoms with E-state index in [0.29, 0.717) is 34.8 Å². The van der Waals surface area contributed by atoms with Crippen LogP contribution in [0.25, 0.3) is 0 Å². The molecule has 1 aromatic rings. The maximum absolute atomic E-state index is 12.4. The van der Waals surface area contributed by atoms with Crippen molar-refractivity contribution in [1.29, 1.82) is 0 Å². The Labute approximate surface area is 152 Å². The number of hydrogen-bond donors (Lipinski definition) is 0. The van der Waals surface area contributed by atoms with Crippen molar-refractivity contribution in [2.45, 2.75) is 26.7 Å². The fourth-order valence-electron chi connectivity index (χ4n) is 1.93. The van der Waals surface area contributed by atoms with Gasteiger partial charge in [0.15, 0.2) is 6.61 Å². The zero-order valence-electron chi connectivity index (χ0n) is 14.2. The Bertz CT molecular complexity index is 564. The van der Waals surface area contributed by atoms with Crippen molar-refractivity contribution in [3.63, 3.8) is 0 Å². The molecule has 0 saturated heterocycles. The smallest absolute Gasteiger partial charge is 0.307 e. The number of nitrogens with zero attached hydrogens (tertiary/aromatic N) is 1. The molecule has 0 unspecified atom stereocenters. The Morgan fingerprint density at radius 3 is 2.50 bits per heavy atom. The minimum atomic E-state index is -0.348. The second-order valence-corrected chi connectivity index (χ2v) is 6.60. The lowest BCUT2D eigenvalue weighted by Crippen LogP contribution is -2.37. The Balaban J connectivity index is 2.62. The predicted molar refractivity (Wildman–Crippen MR) is 94.6 cm³/mol. The van der Waals surface area contributed by atoms with Crippen LogP contribution in [0.1, 0.15) is 26.7 Å². The molecule has 0 atom stereocenters. The first-order valence-electron chi connectivity index (χ1n) is 7.76. The lowest BCUT2D eigenvalue weighted by Gasteiger charge is -2.23. The Morgan fingerprint density at radius 1 is 1.21 bits per heavy atom. The number of amides is 1. The summed E-state index contributed by atoms with van der Waals surface area (Å²) < 4.78 is 10.1. The zero-order valence-corrected chi connectivity index (χ0v) is 15.7. The number of halogens is 2. The van der Waals surface area contributed by atoms with Gasteiger partial charge in [-0.2, -0.15) is 0 Å². The number of carbonyl (C=O) groups is 2. The molecule has 134 valence electrons. The molecule has 0 radical (unpaired) electrons. The lowest BCUT2D eigenvalue weighted by molar-refractivity contribution is -0.142. The van der Waals surface area contributed by atoms with E-state index in [1.807, 2.05) is 0 Å². The maximum Gasteiger partial charge on any atom is 0.307 e. The van der Waals surface area contributed by atoms with E-state index in [0.717, 1.165) is 6.42 Å². The van der Waals surface area contributed by atoms with Gasteiger partial charge in [0.05, 0.1) is 18.6 Å². The van der Waals surface area contributed by atoms with E-state index in [9.17, 15) is 9.59 Å². The summed E-state index contributed by atoms with van der Waals surface area (Å²) in [5.74, 6) is 0.292. The van der Waals surface area contributed by atoms with Gasteiger partial charge in [0, 0.05) is 18.1 Å². The molecule has 0 N–H and O–H groups in total. The van der Waals surface area contributed by atoms with Crippen molar-refractivity contribution >= 4 is 35.1 Å². The second-order valence-electron chi connectivity index (χ2n) is 5.75. The molecule has 0 aliphatic carbocycles. The molecule has 1 amide bonds. The third-order valence-electron chi connectivity index (χ3n) is 3.39. The lowest BCUT2D eigenvalue weighted by atomic mass is 10.1. The summed E-state index contributed by atoms with van der Waals surface area (Å²) in [6.07, 6.45) is 0.997. The summed E-state index contributed by atoms with van der Waals surface area (Å²) in [4.78, 5) is 25.3. The summed E-state index contributed by atoms with van der Waals surface area (Å²) in [6.45, 7) is 4.86. The van der Waals surface area contributed by atoms with E-state index < -0.39 is 0 Å². The quantitative estimate of drug-likeness (QED) is 0.615. The van der Waals surface area contributed by atoms with Gasteiger partial charge in [0.25, 0.3) is 5.91 Å². The highest BCUT2D eigenvalue weighted by molar-refractivity contribution is 6.35. The van der Waals surface area contributed by atoms with E-state index in [1.54, 1.807) is 23.1 Å². The first-order chi connectivity index (χ1) is 11.3. The minimum Gasteiger partial charge on any atom is -0.482 e. The third kappa shape index (κ3) is 7.41. The van der Waals surface area contributed by atoms with Crippen molar-refractivity contribution in [3.8, 4) is 5.75 Å². The van der Waals surface area contributed by atoms with Gasteiger partial charge in [-0.15, -0.1) is 0 Å². The molecule has 7 heteroatoms. The van der Waals surface area contributed by atoms with Crippen LogP contribution in [0.15, 0.2) is 18.2 Å². The van der Waals surface area contributed by atoms with Crippen LogP contribution in [0.2, 0.25) is 10.0 Å². The number of methoxy groups -OCH3 is 1. The largest absolute Gasteiger partial charge is 0.482 e. The van der Waals surface area contributed by atoms with E-state index >= 15 is 0 Å². The maximum atomic E-state index is 12.4. The SMILES string of the molecule is COC(=O)CCN(CCC(C)C)C(=O)COc1ccc(Cl)cc1Cl. The van der Waals surface area contributed by atoms with Gasteiger partial charge < -0.3 is 14.4 Å². The van der Waals surface area contributed by atoms with Crippen molar-refractivity contribution in [2.75, 3.05) is 26.8 Å². The molecule has 0 saturated carbocycles. The van der Waals surface area contributed by atoms with Gasteiger partial charge in [-0.05, 0) is 30.5 Å². The molecule has 0 aromatic heterocycles. The number of rotatable bonds is 9. The molecule has 1 aromatic carbocycles. The molecule has 24 heavy (non-hydrogen) atoms. The van der Waals surface area contributed by atoms with Crippen LogP contribution in [-0.4, -0.2) is 43.6 Å². The van der Waals surface area contributed by atoms with Gasteiger partial charge in [-0.3, -0.25) is 9.59 Å². The van der Waals surface area contributed by atoms with Gasteiger partial charge in [0.2, 0.25) is 0 Å². The number of esters is 1. The fraction of sp³-hybridized carbons (Fsp3) is 0.529. The van der Waals surface area contributed by atoms with Gasteiger partial charge in [-0.25, -0.2) is 0 Å². The second kappa shape index (κ2) is 10.4. The molecule has 0 bridgehead atoms. The topological polar surface area (TPSA) is 55.8 Å². The van der Waals surface area contributed by atoms with E-state index in [2.05, 4.69) is 18.6 Å². The van der Waals surface area contributed by atoms with Crippen LogP contribution in [0.3, 0.4) is 0 Å². The van der Waals surface area contributed by atoms with Crippen molar-refractivity contribution < 1.29 is 19.1 Å². The standard InChI is InChI=1S/C17H23Cl2NO4/c1-12(2)6-8-20(9-7-17(22)23-3)16(21)11-24-15-5-4-13(18)10-14(15)19/h4-5,10,12H,6-9,11H2,1-3H3. The molecule has 0 spiro atoms. The highest BCUT2D eigenvalue weighted by Crippen LogP contribution is 2.27. The van der Waals surface area contributed by atoms with Crippen molar-refractivity contribution in [3.05, 3.63) is 28.2 Å². The summed E-state index contributed by atoms with van der Waals surface area (Å²) in [5, 5.41) is 0.842. The minimum absolute atomic E-state index is 0.152. The van der Waals surface area contributed by atoms with E-state index in [4.69, 9.17) is 27.9 Å². The zero-order chi connectivity index (χ0) is 18.1. The van der Waals surface area contributed by atoms with E-state index in [-0.39, 0.29) is 24.9 Å². The molecular weight excluding hydrogens is 353 g/mol. The number of carbonyl (C=O) groups excluding carboxylic acids is 2. The molecule has 0 aliphatic rings. The summed E-state index contributed by atoms with van der Waals surface area (Å²) in [7, 11) is 1.33. The molecule has 0 heterocycles. The Morgan fingerprint density at radius 2 is 1.92 bits per heavy atom. The summed E-state index contributed by atoms with van der Waals surface area (Å²) in [6, 6.07) is 4.81. The van der Waals surface area contributed by atoms with Gasteiger partial charge in [-0.1, -0.05) is 37.0 Å². The average Bonchev–Trinajstić information content (AvgIpc) is 2.53. The van der Waals surface area contributed by atoms with Crippen LogP contribution in [0, 0.1) is 5.92 Å². The Kier molecular flexibility index (Phi) is 8.93. The van der Waals surface area contributed by atoms with E-state index in [1.165, 1.54) is 7.11 Å². The summed E-state index contributed by atoms with van der Waals surface area (Å²) >= 11 is 11.8. The molecule has 5 nitrogen and oxygen atoms in total.